The van der Waals surface area contributed by atoms with Crippen molar-refractivity contribution in [2.45, 2.75) is 6.54 Å². The number of hydrogen-bond acceptors (Lipinski definition) is 4. The van der Waals surface area contributed by atoms with E-state index in [9.17, 15) is 4.79 Å². The molecule has 1 amide bonds. The molecule has 2 aromatic heterocycles. The van der Waals surface area contributed by atoms with E-state index < -0.39 is 0 Å². The van der Waals surface area contributed by atoms with Crippen molar-refractivity contribution in [2.75, 3.05) is 26.2 Å². The van der Waals surface area contributed by atoms with Crippen LogP contribution in [-0.4, -0.2) is 51.9 Å². The largest absolute Gasteiger partial charge is 0.336 e. The summed E-state index contributed by atoms with van der Waals surface area (Å²) in [4.78, 5) is 26.8. The van der Waals surface area contributed by atoms with Crippen LogP contribution in [0.3, 0.4) is 0 Å². The monoisotopic (exact) mass is 408 g/mol. The molecule has 1 fully saturated rings. The molecule has 1 aliphatic rings. The van der Waals surface area contributed by atoms with Gasteiger partial charge in [-0.3, -0.25) is 14.7 Å². The number of carbonyl (C=O) groups excluding carboxylic acids is 1. The van der Waals surface area contributed by atoms with Gasteiger partial charge in [0.25, 0.3) is 5.91 Å². The molecule has 0 aliphatic carbocycles. The predicted octanol–water partition coefficient (Wildman–Crippen LogP) is 4.25. The SMILES string of the molecule is O=C(c1cc(-c2ccccc2)nc2ccccc12)N1CCN(Cc2ccncc2)CC1. The summed E-state index contributed by atoms with van der Waals surface area (Å²) in [6.07, 6.45) is 3.65. The van der Waals surface area contributed by atoms with Crippen LogP contribution < -0.4 is 0 Å². The van der Waals surface area contributed by atoms with Gasteiger partial charge in [-0.1, -0.05) is 48.5 Å². The van der Waals surface area contributed by atoms with Gasteiger partial charge in [-0.05, 0) is 29.8 Å². The first-order chi connectivity index (χ1) is 15.3. The summed E-state index contributed by atoms with van der Waals surface area (Å²) in [7, 11) is 0. The maximum Gasteiger partial charge on any atom is 0.254 e. The Labute approximate surface area is 182 Å². The first-order valence-electron chi connectivity index (χ1n) is 10.6. The number of para-hydroxylation sites is 1. The molecule has 31 heavy (non-hydrogen) atoms. The number of pyridine rings is 2. The highest BCUT2D eigenvalue weighted by Gasteiger charge is 2.24. The highest BCUT2D eigenvalue weighted by molar-refractivity contribution is 6.07. The minimum atomic E-state index is 0.0827. The average molecular weight is 409 g/mol. The summed E-state index contributed by atoms with van der Waals surface area (Å²) < 4.78 is 0. The van der Waals surface area contributed by atoms with Crippen LogP contribution in [0.25, 0.3) is 22.2 Å². The average Bonchev–Trinajstić information content (AvgIpc) is 2.84. The topological polar surface area (TPSA) is 49.3 Å². The van der Waals surface area contributed by atoms with E-state index in [2.05, 4.69) is 9.88 Å². The van der Waals surface area contributed by atoms with Crippen molar-refractivity contribution in [1.29, 1.82) is 0 Å². The van der Waals surface area contributed by atoms with Gasteiger partial charge in [-0.25, -0.2) is 4.98 Å². The van der Waals surface area contributed by atoms with Gasteiger partial charge in [-0.15, -0.1) is 0 Å². The van der Waals surface area contributed by atoms with Gasteiger partial charge >= 0.3 is 0 Å². The zero-order valence-electron chi connectivity index (χ0n) is 17.3. The molecule has 0 spiro atoms. The van der Waals surface area contributed by atoms with Gasteiger partial charge in [-0.2, -0.15) is 0 Å². The fourth-order valence-corrected chi connectivity index (χ4v) is 4.13. The second kappa shape index (κ2) is 8.66. The molecule has 0 radical (unpaired) electrons. The highest BCUT2D eigenvalue weighted by Crippen LogP contribution is 2.26. The van der Waals surface area contributed by atoms with E-state index in [0.29, 0.717) is 0 Å². The van der Waals surface area contributed by atoms with Crippen LogP contribution in [0.5, 0.6) is 0 Å². The fraction of sp³-hybridized carbons (Fsp3) is 0.192. The van der Waals surface area contributed by atoms with Crippen LogP contribution in [-0.2, 0) is 6.54 Å². The maximum atomic E-state index is 13.5. The second-order valence-corrected chi connectivity index (χ2v) is 7.86. The van der Waals surface area contributed by atoms with Gasteiger partial charge in [0, 0.05) is 56.1 Å². The number of benzene rings is 2. The van der Waals surface area contributed by atoms with Crippen molar-refractivity contribution in [3.8, 4) is 11.3 Å². The highest BCUT2D eigenvalue weighted by atomic mass is 16.2. The van der Waals surface area contributed by atoms with Gasteiger partial charge in [0.05, 0.1) is 16.8 Å². The minimum Gasteiger partial charge on any atom is -0.336 e. The summed E-state index contributed by atoms with van der Waals surface area (Å²) in [6.45, 7) is 4.06. The lowest BCUT2D eigenvalue weighted by molar-refractivity contribution is 0.0630. The summed E-state index contributed by atoms with van der Waals surface area (Å²) in [6, 6.07) is 24.0. The van der Waals surface area contributed by atoms with E-state index in [-0.39, 0.29) is 5.91 Å². The quantitative estimate of drug-likeness (QED) is 0.506. The Hall–Kier alpha value is -3.57. The molecule has 0 saturated carbocycles. The lowest BCUT2D eigenvalue weighted by Gasteiger charge is -2.35. The minimum absolute atomic E-state index is 0.0827. The molecule has 1 aliphatic heterocycles. The molecule has 5 rings (SSSR count). The molecule has 4 aromatic rings. The van der Waals surface area contributed by atoms with Gasteiger partial charge in [0.1, 0.15) is 0 Å². The van der Waals surface area contributed by atoms with Gasteiger partial charge in [0.15, 0.2) is 0 Å². The molecular formula is C26H24N4O. The third kappa shape index (κ3) is 4.18. The van der Waals surface area contributed by atoms with Crippen LogP contribution in [0.1, 0.15) is 15.9 Å². The maximum absolute atomic E-state index is 13.5. The molecule has 3 heterocycles. The first kappa shape index (κ1) is 19.4. The van der Waals surface area contributed by atoms with Gasteiger partial charge < -0.3 is 4.90 Å². The molecule has 0 atom stereocenters. The van der Waals surface area contributed by atoms with E-state index >= 15 is 0 Å². The summed E-state index contributed by atoms with van der Waals surface area (Å²) in [5, 5.41) is 0.909. The van der Waals surface area contributed by atoms with E-state index in [1.54, 1.807) is 0 Å². The van der Waals surface area contributed by atoms with Crippen LogP contribution in [0.4, 0.5) is 0 Å². The zero-order chi connectivity index (χ0) is 21.0. The number of hydrogen-bond donors (Lipinski definition) is 0. The second-order valence-electron chi connectivity index (χ2n) is 7.86. The number of amides is 1. The van der Waals surface area contributed by atoms with Crippen molar-refractivity contribution >= 4 is 16.8 Å². The van der Waals surface area contributed by atoms with Crippen LogP contribution in [0, 0.1) is 0 Å². The molecule has 5 heteroatoms. The summed E-state index contributed by atoms with van der Waals surface area (Å²) >= 11 is 0. The van der Waals surface area contributed by atoms with E-state index in [4.69, 9.17) is 4.98 Å². The Bertz CT molecular complexity index is 1190. The number of rotatable bonds is 4. The number of fused-ring (bicyclic) bond motifs is 1. The van der Waals surface area contributed by atoms with E-state index in [1.807, 2.05) is 90.1 Å². The van der Waals surface area contributed by atoms with Crippen molar-refractivity contribution in [1.82, 2.24) is 19.8 Å². The van der Waals surface area contributed by atoms with Crippen LogP contribution >= 0.6 is 0 Å². The Morgan fingerprint density at radius 3 is 2.32 bits per heavy atom. The van der Waals surface area contributed by atoms with Crippen LogP contribution in [0.2, 0.25) is 0 Å². The third-order valence-corrected chi connectivity index (χ3v) is 5.83. The Kier molecular flexibility index (Phi) is 5.42. The van der Waals surface area contributed by atoms with E-state index in [0.717, 1.165) is 60.4 Å². The number of nitrogens with zero attached hydrogens (tertiary/aromatic N) is 4. The van der Waals surface area contributed by atoms with Crippen molar-refractivity contribution in [3.05, 3.63) is 96.3 Å². The van der Waals surface area contributed by atoms with Crippen molar-refractivity contribution < 1.29 is 4.79 Å². The van der Waals surface area contributed by atoms with Gasteiger partial charge in [0.2, 0.25) is 0 Å². The van der Waals surface area contributed by atoms with Crippen molar-refractivity contribution in [3.63, 3.8) is 0 Å². The Balaban J connectivity index is 1.38. The molecule has 0 unspecified atom stereocenters. The molecule has 2 aromatic carbocycles. The fourth-order valence-electron chi connectivity index (χ4n) is 4.13. The third-order valence-electron chi connectivity index (χ3n) is 5.83. The molecule has 5 nitrogen and oxygen atoms in total. The molecule has 1 saturated heterocycles. The molecule has 154 valence electrons. The molecular weight excluding hydrogens is 384 g/mol. The standard InChI is InChI=1S/C26H24N4O/c31-26(30-16-14-29(15-17-30)19-20-10-12-27-13-11-20)23-18-25(21-6-2-1-3-7-21)28-24-9-5-4-8-22(23)24/h1-13,18H,14-17,19H2. The summed E-state index contributed by atoms with van der Waals surface area (Å²) in [5.74, 6) is 0.0827. The normalized spacial score (nSPS) is 14.6. The number of carbonyl (C=O) groups is 1. The lowest BCUT2D eigenvalue weighted by atomic mass is 10.0. The summed E-state index contributed by atoms with van der Waals surface area (Å²) in [5.41, 5.74) is 4.68. The smallest absolute Gasteiger partial charge is 0.254 e. The Morgan fingerprint density at radius 1 is 0.839 bits per heavy atom. The van der Waals surface area contributed by atoms with E-state index in [1.165, 1.54) is 5.56 Å². The van der Waals surface area contributed by atoms with Crippen molar-refractivity contribution in [2.24, 2.45) is 0 Å². The number of piperazine rings is 1. The molecule has 0 bridgehead atoms. The zero-order valence-corrected chi connectivity index (χ0v) is 17.3. The predicted molar refractivity (Wildman–Crippen MR) is 123 cm³/mol. The van der Waals surface area contributed by atoms with Crippen LogP contribution in [0.15, 0.2) is 85.2 Å². The first-order valence-corrected chi connectivity index (χ1v) is 10.6. The lowest BCUT2D eigenvalue weighted by Crippen LogP contribution is -2.48. The number of aromatic nitrogens is 2. The molecule has 0 N–H and O–H groups in total. The Morgan fingerprint density at radius 2 is 1.55 bits per heavy atom.